The van der Waals surface area contributed by atoms with Crippen molar-refractivity contribution in [3.63, 3.8) is 0 Å². The molecule has 0 saturated carbocycles. The van der Waals surface area contributed by atoms with Crippen LogP contribution in [0, 0.1) is 0 Å². The first-order valence-electron chi connectivity index (χ1n) is 4.00. The SMILES string of the molecule is C.O=C(O)[C@H](Cc1ccc(O)cc1)NI. The fourth-order valence-electron chi connectivity index (χ4n) is 1.04. The van der Waals surface area contributed by atoms with Gasteiger partial charge < -0.3 is 10.2 Å². The fourth-order valence-corrected chi connectivity index (χ4v) is 1.53. The number of benzene rings is 1. The van der Waals surface area contributed by atoms with E-state index in [1.807, 2.05) is 22.9 Å². The number of halogens is 1. The first-order valence-corrected chi connectivity index (χ1v) is 5.08. The quantitative estimate of drug-likeness (QED) is 0.585. The number of phenolic OH excluding ortho intramolecular Hbond substituents is 1. The fraction of sp³-hybridized carbons (Fsp3) is 0.300. The molecular weight excluding hydrogens is 309 g/mol. The van der Waals surface area contributed by atoms with E-state index in [2.05, 4.69) is 3.53 Å². The van der Waals surface area contributed by atoms with Crippen LogP contribution >= 0.6 is 22.9 Å². The maximum Gasteiger partial charge on any atom is 0.321 e. The molecule has 15 heavy (non-hydrogen) atoms. The third kappa shape index (κ3) is 4.48. The second-order valence-corrected chi connectivity index (χ2v) is 3.49. The van der Waals surface area contributed by atoms with Crippen LogP contribution < -0.4 is 3.53 Å². The van der Waals surface area contributed by atoms with Crippen molar-refractivity contribution in [2.45, 2.75) is 19.9 Å². The van der Waals surface area contributed by atoms with E-state index >= 15 is 0 Å². The molecule has 1 atom stereocenters. The Morgan fingerprint density at radius 1 is 1.40 bits per heavy atom. The smallest absolute Gasteiger partial charge is 0.321 e. The second-order valence-electron chi connectivity index (χ2n) is 2.87. The summed E-state index contributed by atoms with van der Waals surface area (Å²) in [7, 11) is 0. The summed E-state index contributed by atoms with van der Waals surface area (Å²) in [6.45, 7) is 0. The summed E-state index contributed by atoms with van der Waals surface area (Å²) >= 11 is 1.82. The van der Waals surface area contributed by atoms with Gasteiger partial charge in [-0.25, -0.2) is 3.53 Å². The molecule has 5 heteroatoms. The number of aromatic hydroxyl groups is 1. The van der Waals surface area contributed by atoms with Crippen molar-refractivity contribution in [1.29, 1.82) is 0 Å². The number of carbonyl (C=O) groups is 1. The van der Waals surface area contributed by atoms with E-state index in [0.717, 1.165) is 5.56 Å². The monoisotopic (exact) mass is 323 g/mol. The van der Waals surface area contributed by atoms with Gasteiger partial charge in [0, 0.05) is 22.9 Å². The lowest BCUT2D eigenvalue weighted by Crippen LogP contribution is -2.32. The van der Waals surface area contributed by atoms with Crippen LogP contribution in [-0.4, -0.2) is 22.2 Å². The normalized spacial score (nSPS) is 11.5. The van der Waals surface area contributed by atoms with E-state index in [9.17, 15) is 4.79 Å². The van der Waals surface area contributed by atoms with E-state index in [4.69, 9.17) is 10.2 Å². The summed E-state index contributed by atoms with van der Waals surface area (Å²) in [4.78, 5) is 10.7. The molecule has 84 valence electrons. The second kappa shape index (κ2) is 6.62. The number of hydrogen-bond acceptors (Lipinski definition) is 3. The highest BCUT2D eigenvalue weighted by molar-refractivity contribution is 14.1. The molecule has 0 aliphatic carbocycles. The van der Waals surface area contributed by atoms with Gasteiger partial charge in [0.25, 0.3) is 0 Å². The summed E-state index contributed by atoms with van der Waals surface area (Å²) in [5.74, 6) is -0.699. The Morgan fingerprint density at radius 3 is 2.33 bits per heavy atom. The van der Waals surface area contributed by atoms with Crippen molar-refractivity contribution in [3.05, 3.63) is 29.8 Å². The van der Waals surface area contributed by atoms with Gasteiger partial charge in [-0.15, -0.1) is 0 Å². The Hall–Kier alpha value is -0.820. The maximum absolute atomic E-state index is 10.7. The molecule has 3 N–H and O–H groups in total. The molecule has 0 unspecified atom stereocenters. The number of hydrogen-bond donors (Lipinski definition) is 3. The summed E-state index contributed by atoms with van der Waals surface area (Å²) in [6.07, 6.45) is 0.401. The zero-order chi connectivity index (χ0) is 10.6. The molecule has 0 aliphatic rings. The van der Waals surface area contributed by atoms with Crippen LogP contribution in [0.5, 0.6) is 5.75 Å². The molecule has 0 radical (unpaired) electrons. The molecule has 0 aliphatic heterocycles. The first kappa shape index (κ1) is 14.2. The van der Waals surface area contributed by atoms with Crippen LogP contribution in [0.4, 0.5) is 0 Å². The molecule has 1 aromatic carbocycles. The summed E-state index contributed by atoms with van der Waals surface area (Å²) in [5, 5.41) is 17.8. The maximum atomic E-state index is 10.7. The van der Waals surface area contributed by atoms with Gasteiger partial charge in [-0.3, -0.25) is 4.79 Å². The number of phenols is 1. The van der Waals surface area contributed by atoms with Crippen LogP contribution in [0.25, 0.3) is 0 Å². The minimum absolute atomic E-state index is 0. The Balaban J connectivity index is 0.00000196. The predicted molar refractivity (Wildman–Crippen MR) is 67.1 cm³/mol. The number of carboxylic acid groups (broad SMARTS) is 1. The Kier molecular flexibility index (Phi) is 6.26. The Labute approximate surface area is 103 Å². The molecule has 0 heterocycles. The van der Waals surface area contributed by atoms with Crippen LogP contribution in [0.15, 0.2) is 24.3 Å². The minimum atomic E-state index is -0.882. The van der Waals surface area contributed by atoms with Crippen molar-refractivity contribution in [2.75, 3.05) is 0 Å². The number of rotatable bonds is 4. The highest BCUT2D eigenvalue weighted by Gasteiger charge is 2.15. The van der Waals surface area contributed by atoms with Gasteiger partial charge in [0.05, 0.1) is 0 Å². The molecule has 0 fully saturated rings. The van der Waals surface area contributed by atoms with E-state index in [0.29, 0.717) is 6.42 Å². The van der Waals surface area contributed by atoms with Gasteiger partial charge in [-0.1, -0.05) is 19.6 Å². The van der Waals surface area contributed by atoms with Gasteiger partial charge in [0.1, 0.15) is 11.8 Å². The van der Waals surface area contributed by atoms with Crippen LogP contribution in [-0.2, 0) is 11.2 Å². The van der Waals surface area contributed by atoms with Crippen molar-refractivity contribution < 1.29 is 15.0 Å². The summed E-state index contributed by atoms with van der Waals surface area (Å²) in [6, 6.07) is 5.90. The number of aliphatic carboxylic acids is 1. The van der Waals surface area contributed by atoms with Crippen molar-refractivity contribution >= 4 is 28.8 Å². The lowest BCUT2D eigenvalue weighted by molar-refractivity contribution is -0.138. The van der Waals surface area contributed by atoms with Crippen LogP contribution in [0.2, 0.25) is 0 Å². The average Bonchev–Trinajstić information content (AvgIpc) is 2.16. The average molecular weight is 323 g/mol. The molecule has 1 aromatic rings. The number of carboxylic acids is 1. The van der Waals surface area contributed by atoms with E-state index in [1.54, 1.807) is 24.3 Å². The highest BCUT2D eigenvalue weighted by Crippen LogP contribution is 2.11. The van der Waals surface area contributed by atoms with E-state index in [-0.39, 0.29) is 13.2 Å². The largest absolute Gasteiger partial charge is 0.508 e. The lowest BCUT2D eigenvalue weighted by Gasteiger charge is -2.09. The van der Waals surface area contributed by atoms with Crippen molar-refractivity contribution in [1.82, 2.24) is 3.53 Å². The zero-order valence-corrected chi connectivity index (χ0v) is 9.43. The predicted octanol–water partition coefficient (Wildman–Crippen LogP) is 1.96. The first-order chi connectivity index (χ1) is 6.63. The van der Waals surface area contributed by atoms with Crippen molar-refractivity contribution in [3.8, 4) is 5.75 Å². The molecule has 0 saturated heterocycles. The van der Waals surface area contributed by atoms with Crippen LogP contribution in [0.3, 0.4) is 0 Å². The van der Waals surface area contributed by atoms with Gasteiger partial charge in [0.15, 0.2) is 0 Å². The summed E-state index contributed by atoms with van der Waals surface area (Å²) in [5.41, 5.74) is 0.874. The zero-order valence-electron chi connectivity index (χ0n) is 7.27. The minimum Gasteiger partial charge on any atom is -0.508 e. The molecule has 1 rings (SSSR count). The van der Waals surface area contributed by atoms with Crippen molar-refractivity contribution in [2.24, 2.45) is 0 Å². The highest BCUT2D eigenvalue weighted by atomic mass is 127. The van der Waals surface area contributed by atoms with Gasteiger partial charge in [0.2, 0.25) is 0 Å². The molecule has 0 aromatic heterocycles. The Morgan fingerprint density at radius 2 is 1.93 bits per heavy atom. The molecule has 0 bridgehead atoms. The topological polar surface area (TPSA) is 69.6 Å². The van der Waals surface area contributed by atoms with E-state index in [1.165, 1.54) is 0 Å². The standard InChI is InChI=1S/C9H10INO3.CH4/c10-11-8(9(13)14)5-6-1-3-7(12)4-2-6;/h1-4,8,11-12H,5H2,(H,13,14);1H4/t8-;/m0./s1. The Bertz CT molecular complexity index is 313. The van der Waals surface area contributed by atoms with E-state index < -0.39 is 12.0 Å². The van der Waals surface area contributed by atoms with Crippen LogP contribution in [0.1, 0.15) is 13.0 Å². The molecular formula is C10H14INO3. The molecule has 4 nitrogen and oxygen atoms in total. The van der Waals surface area contributed by atoms with Gasteiger partial charge >= 0.3 is 5.97 Å². The third-order valence-corrected chi connectivity index (χ3v) is 2.56. The van der Waals surface area contributed by atoms with Gasteiger partial charge in [-0.2, -0.15) is 0 Å². The van der Waals surface area contributed by atoms with Gasteiger partial charge in [-0.05, 0) is 24.1 Å². The third-order valence-electron chi connectivity index (χ3n) is 1.81. The molecule has 0 spiro atoms. The summed E-state index contributed by atoms with van der Waals surface area (Å²) < 4.78 is 2.67. The number of nitrogens with one attached hydrogen (secondary N) is 1. The molecule has 0 amide bonds. The lowest BCUT2D eigenvalue weighted by atomic mass is 10.1.